The standard InChI is InChI=1S/C17H20N2O/c1-13-7-9-15(10-8-13)12-19-17(20)16(18)11-14-5-3-2-4-6-14/h2-10,16H,11-12,18H2,1H3,(H,19,20). The van der Waals surface area contributed by atoms with Crippen molar-refractivity contribution in [3.63, 3.8) is 0 Å². The largest absolute Gasteiger partial charge is 0.351 e. The number of hydrogen-bond acceptors (Lipinski definition) is 2. The van der Waals surface area contributed by atoms with Crippen LogP contribution < -0.4 is 11.1 Å². The van der Waals surface area contributed by atoms with Crippen molar-refractivity contribution in [1.82, 2.24) is 5.32 Å². The summed E-state index contributed by atoms with van der Waals surface area (Å²) >= 11 is 0. The molecule has 20 heavy (non-hydrogen) atoms. The molecule has 1 amide bonds. The molecule has 0 saturated carbocycles. The van der Waals surface area contributed by atoms with E-state index in [2.05, 4.69) is 5.32 Å². The lowest BCUT2D eigenvalue weighted by Gasteiger charge is -2.12. The fraction of sp³-hybridized carbons (Fsp3) is 0.235. The Hall–Kier alpha value is -2.13. The highest BCUT2D eigenvalue weighted by Crippen LogP contribution is 2.04. The van der Waals surface area contributed by atoms with E-state index in [1.54, 1.807) is 0 Å². The monoisotopic (exact) mass is 268 g/mol. The molecule has 0 radical (unpaired) electrons. The number of nitrogens with two attached hydrogens (primary N) is 1. The van der Waals surface area contributed by atoms with Crippen molar-refractivity contribution in [3.05, 3.63) is 71.3 Å². The fourth-order valence-corrected chi connectivity index (χ4v) is 1.99. The minimum Gasteiger partial charge on any atom is -0.351 e. The molecule has 0 saturated heterocycles. The molecule has 0 spiro atoms. The Bertz CT molecular complexity index is 549. The van der Waals surface area contributed by atoms with E-state index >= 15 is 0 Å². The van der Waals surface area contributed by atoms with Gasteiger partial charge in [0.1, 0.15) is 0 Å². The molecule has 1 unspecified atom stereocenters. The highest BCUT2D eigenvalue weighted by molar-refractivity contribution is 5.81. The third-order valence-corrected chi connectivity index (χ3v) is 3.22. The molecule has 2 aromatic carbocycles. The van der Waals surface area contributed by atoms with Crippen molar-refractivity contribution >= 4 is 5.91 Å². The molecule has 2 rings (SSSR count). The van der Waals surface area contributed by atoms with E-state index in [0.29, 0.717) is 13.0 Å². The molecule has 3 nitrogen and oxygen atoms in total. The highest BCUT2D eigenvalue weighted by Gasteiger charge is 2.13. The van der Waals surface area contributed by atoms with Crippen LogP contribution in [0.3, 0.4) is 0 Å². The first-order chi connectivity index (χ1) is 9.65. The average Bonchev–Trinajstić information content (AvgIpc) is 2.47. The molecule has 0 heterocycles. The second kappa shape index (κ2) is 6.87. The van der Waals surface area contributed by atoms with Gasteiger partial charge in [0.25, 0.3) is 0 Å². The van der Waals surface area contributed by atoms with Gasteiger partial charge in [-0.15, -0.1) is 0 Å². The van der Waals surface area contributed by atoms with E-state index < -0.39 is 6.04 Å². The van der Waals surface area contributed by atoms with Gasteiger partial charge >= 0.3 is 0 Å². The van der Waals surface area contributed by atoms with Crippen molar-refractivity contribution < 1.29 is 4.79 Å². The summed E-state index contributed by atoms with van der Waals surface area (Å²) in [4.78, 5) is 12.0. The van der Waals surface area contributed by atoms with E-state index in [1.807, 2.05) is 61.5 Å². The van der Waals surface area contributed by atoms with Gasteiger partial charge in [0.05, 0.1) is 6.04 Å². The molecule has 0 aromatic heterocycles. The number of hydrogen-bond donors (Lipinski definition) is 2. The van der Waals surface area contributed by atoms with Crippen molar-refractivity contribution in [2.75, 3.05) is 0 Å². The van der Waals surface area contributed by atoms with Crippen LogP contribution in [0.4, 0.5) is 0 Å². The first kappa shape index (κ1) is 14.3. The summed E-state index contributed by atoms with van der Waals surface area (Å²) in [5.74, 6) is -0.116. The van der Waals surface area contributed by atoms with Crippen LogP contribution in [0.15, 0.2) is 54.6 Å². The predicted octanol–water partition coefficient (Wildman–Crippen LogP) is 2.18. The topological polar surface area (TPSA) is 55.1 Å². The predicted molar refractivity (Wildman–Crippen MR) is 81.1 cm³/mol. The molecule has 1 atom stereocenters. The molecule has 3 heteroatoms. The number of nitrogens with one attached hydrogen (secondary N) is 1. The first-order valence-corrected chi connectivity index (χ1v) is 6.78. The van der Waals surface area contributed by atoms with Crippen LogP contribution in [0.2, 0.25) is 0 Å². The lowest BCUT2D eigenvalue weighted by atomic mass is 10.1. The molecule has 2 aromatic rings. The van der Waals surface area contributed by atoms with Crippen LogP contribution in [0, 0.1) is 6.92 Å². The molecule has 3 N–H and O–H groups in total. The molecule has 0 aliphatic heterocycles. The molecule has 0 aliphatic rings. The van der Waals surface area contributed by atoms with Gasteiger partial charge in [-0.05, 0) is 24.5 Å². The summed E-state index contributed by atoms with van der Waals surface area (Å²) < 4.78 is 0. The second-order valence-corrected chi connectivity index (χ2v) is 5.00. The van der Waals surface area contributed by atoms with Crippen LogP contribution in [-0.4, -0.2) is 11.9 Å². The average molecular weight is 268 g/mol. The van der Waals surface area contributed by atoms with Crippen LogP contribution >= 0.6 is 0 Å². The van der Waals surface area contributed by atoms with Gasteiger partial charge < -0.3 is 11.1 Å². The summed E-state index contributed by atoms with van der Waals surface area (Å²) in [6.07, 6.45) is 0.556. The van der Waals surface area contributed by atoms with E-state index in [4.69, 9.17) is 5.73 Å². The number of carbonyl (C=O) groups excluding carboxylic acids is 1. The van der Waals surface area contributed by atoms with Crippen molar-refractivity contribution in [3.8, 4) is 0 Å². The van der Waals surface area contributed by atoms with Gasteiger partial charge in [-0.1, -0.05) is 60.2 Å². The van der Waals surface area contributed by atoms with Gasteiger partial charge in [-0.25, -0.2) is 0 Å². The number of carbonyl (C=O) groups is 1. The minimum absolute atomic E-state index is 0.116. The molecule has 0 fully saturated rings. The fourth-order valence-electron chi connectivity index (χ4n) is 1.99. The Labute approximate surface area is 119 Å². The summed E-state index contributed by atoms with van der Waals surface area (Å²) in [5, 5.41) is 2.87. The number of rotatable bonds is 5. The van der Waals surface area contributed by atoms with Crippen molar-refractivity contribution in [2.45, 2.75) is 25.9 Å². The van der Waals surface area contributed by atoms with Gasteiger partial charge in [0, 0.05) is 6.54 Å². The Morgan fingerprint density at radius 3 is 2.35 bits per heavy atom. The summed E-state index contributed by atoms with van der Waals surface area (Å²) in [7, 11) is 0. The highest BCUT2D eigenvalue weighted by atomic mass is 16.2. The maximum Gasteiger partial charge on any atom is 0.237 e. The second-order valence-electron chi connectivity index (χ2n) is 5.00. The maximum absolute atomic E-state index is 12.0. The van der Waals surface area contributed by atoms with Crippen LogP contribution in [0.5, 0.6) is 0 Å². The Balaban J connectivity index is 1.83. The first-order valence-electron chi connectivity index (χ1n) is 6.78. The zero-order valence-electron chi connectivity index (χ0n) is 11.7. The Kier molecular flexibility index (Phi) is 4.91. The van der Waals surface area contributed by atoms with Crippen LogP contribution in [-0.2, 0) is 17.8 Å². The summed E-state index contributed by atoms with van der Waals surface area (Å²) in [6, 6.07) is 17.4. The number of aryl methyl sites for hydroxylation is 1. The van der Waals surface area contributed by atoms with E-state index in [9.17, 15) is 4.79 Å². The summed E-state index contributed by atoms with van der Waals surface area (Å²) in [5.41, 5.74) is 9.29. The smallest absolute Gasteiger partial charge is 0.237 e. The molecule has 0 aliphatic carbocycles. The van der Waals surface area contributed by atoms with Gasteiger partial charge in [-0.3, -0.25) is 4.79 Å². The van der Waals surface area contributed by atoms with Gasteiger partial charge in [0.2, 0.25) is 5.91 Å². The molecule has 0 bridgehead atoms. The van der Waals surface area contributed by atoms with E-state index in [-0.39, 0.29) is 5.91 Å². The minimum atomic E-state index is -0.511. The van der Waals surface area contributed by atoms with Crippen molar-refractivity contribution in [2.24, 2.45) is 5.73 Å². The lowest BCUT2D eigenvalue weighted by Crippen LogP contribution is -2.41. The van der Waals surface area contributed by atoms with Crippen LogP contribution in [0.1, 0.15) is 16.7 Å². The molecular weight excluding hydrogens is 248 g/mol. The molecular formula is C17H20N2O. The summed E-state index contributed by atoms with van der Waals surface area (Å²) in [6.45, 7) is 2.56. The third kappa shape index (κ3) is 4.21. The number of benzene rings is 2. The SMILES string of the molecule is Cc1ccc(CNC(=O)C(N)Cc2ccccc2)cc1. The third-order valence-electron chi connectivity index (χ3n) is 3.22. The van der Waals surface area contributed by atoms with Gasteiger partial charge in [-0.2, -0.15) is 0 Å². The quantitative estimate of drug-likeness (QED) is 0.873. The molecule has 104 valence electrons. The van der Waals surface area contributed by atoms with E-state index in [0.717, 1.165) is 11.1 Å². The zero-order chi connectivity index (χ0) is 14.4. The van der Waals surface area contributed by atoms with Crippen LogP contribution in [0.25, 0.3) is 0 Å². The number of amides is 1. The van der Waals surface area contributed by atoms with E-state index in [1.165, 1.54) is 5.56 Å². The maximum atomic E-state index is 12.0. The Morgan fingerprint density at radius 2 is 1.70 bits per heavy atom. The Morgan fingerprint density at radius 1 is 1.05 bits per heavy atom. The normalized spacial score (nSPS) is 11.9. The zero-order valence-corrected chi connectivity index (χ0v) is 11.7. The van der Waals surface area contributed by atoms with Gasteiger partial charge in [0.15, 0.2) is 0 Å². The lowest BCUT2D eigenvalue weighted by molar-refractivity contribution is -0.122. The van der Waals surface area contributed by atoms with Crippen molar-refractivity contribution in [1.29, 1.82) is 0 Å².